The van der Waals surface area contributed by atoms with Crippen molar-refractivity contribution in [2.45, 2.75) is 6.92 Å². The van der Waals surface area contributed by atoms with Crippen LogP contribution < -0.4 is 9.80 Å². The molecule has 0 saturated heterocycles. The fraction of sp³-hybridized carbons (Fsp3) is 0.0213. The highest BCUT2D eigenvalue weighted by atomic mass is 32.1. The summed E-state index contributed by atoms with van der Waals surface area (Å²) in [6, 6.07) is 57.3. The van der Waals surface area contributed by atoms with E-state index < -0.39 is 0 Å². The number of benzene rings is 7. The Hall–Kier alpha value is -5.94. The first kappa shape index (κ1) is 31.1. The smallest absolute Gasteiger partial charge is 0.0540 e. The van der Waals surface area contributed by atoms with E-state index in [1.54, 1.807) is 0 Å². The lowest BCUT2D eigenvalue weighted by Gasteiger charge is -2.27. The first-order valence-corrected chi connectivity index (χ1v) is 18.8. The summed E-state index contributed by atoms with van der Waals surface area (Å²) in [5.74, 6) is 0. The fourth-order valence-corrected chi connectivity index (χ4v) is 9.43. The van der Waals surface area contributed by atoms with Gasteiger partial charge in [-0.2, -0.15) is 0 Å². The molecule has 9 aromatic rings. The number of fused-ring (bicyclic) bond motifs is 5. The van der Waals surface area contributed by atoms with Gasteiger partial charge in [-0.05, 0) is 102 Å². The van der Waals surface area contributed by atoms with Crippen LogP contribution in [0.3, 0.4) is 0 Å². The second kappa shape index (κ2) is 13.1. The average molecular weight is 691 g/mol. The lowest BCUT2D eigenvalue weighted by molar-refractivity contribution is 1.29. The van der Waals surface area contributed by atoms with E-state index in [2.05, 4.69) is 187 Å². The Bertz CT molecular complexity index is 2690. The van der Waals surface area contributed by atoms with Gasteiger partial charge in [-0.1, -0.05) is 104 Å². The van der Waals surface area contributed by atoms with Crippen LogP contribution in [0.15, 0.2) is 176 Å². The van der Waals surface area contributed by atoms with Gasteiger partial charge in [0.25, 0.3) is 0 Å². The van der Waals surface area contributed by atoms with Gasteiger partial charge in [-0.15, -0.1) is 22.7 Å². The van der Waals surface area contributed by atoms with Gasteiger partial charge in [0.2, 0.25) is 0 Å². The second-order valence-electron chi connectivity index (χ2n) is 12.7. The zero-order valence-electron chi connectivity index (χ0n) is 28.2. The van der Waals surface area contributed by atoms with E-state index in [0.717, 1.165) is 34.1 Å². The van der Waals surface area contributed by atoms with Crippen molar-refractivity contribution in [1.82, 2.24) is 0 Å². The van der Waals surface area contributed by atoms with E-state index in [-0.39, 0.29) is 0 Å². The zero-order chi connectivity index (χ0) is 34.3. The van der Waals surface area contributed by atoms with Gasteiger partial charge in [0.1, 0.15) is 0 Å². The van der Waals surface area contributed by atoms with Crippen LogP contribution >= 0.6 is 22.7 Å². The lowest BCUT2D eigenvalue weighted by Crippen LogP contribution is -2.10. The summed E-state index contributed by atoms with van der Waals surface area (Å²) in [4.78, 5) is 6.03. The molecule has 0 aliphatic heterocycles. The number of thiophene rings is 2. The van der Waals surface area contributed by atoms with Gasteiger partial charge in [0, 0.05) is 63.6 Å². The Balaban J connectivity index is 1.20. The summed E-state index contributed by atoms with van der Waals surface area (Å²) in [5, 5.41) is 6.27. The number of para-hydroxylation sites is 2. The maximum Gasteiger partial charge on any atom is 0.0540 e. The van der Waals surface area contributed by atoms with Crippen molar-refractivity contribution in [3.05, 3.63) is 187 Å². The Morgan fingerprint density at radius 2 is 1.08 bits per heavy atom. The molecule has 0 spiro atoms. The van der Waals surface area contributed by atoms with E-state index in [0.29, 0.717) is 0 Å². The molecule has 7 aromatic carbocycles. The van der Waals surface area contributed by atoms with E-state index >= 15 is 0 Å². The SMILES string of the molecule is C=C/C=C\c1sc2cc(N(c3ccc4c(c3)sc3ccc(N(c5ccccc5)c5ccccc5)cc34)c3cccc4ccccc34)ccc2c1C. The molecule has 0 atom stereocenters. The van der Waals surface area contributed by atoms with Crippen molar-refractivity contribution in [2.24, 2.45) is 0 Å². The molecule has 2 nitrogen and oxygen atoms in total. The van der Waals surface area contributed by atoms with Gasteiger partial charge < -0.3 is 9.80 Å². The molecule has 244 valence electrons. The lowest BCUT2D eigenvalue weighted by atomic mass is 10.0. The number of hydrogen-bond acceptors (Lipinski definition) is 4. The highest BCUT2D eigenvalue weighted by Crippen LogP contribution is 2.45. The third-order valence-electron chi connectivity index (χ3n) is 9.59. The third-order valence-corrected chi connectivity index (χ3v) is 11.9. The van der Waals surface area contributed by atoms with E-state index in [9.17, 15) is 0 Å². The number of anilines is 6. The van der Waals surface area contributed by atoms with Gasteiger partial charge in [0.05, 0.1) is 5.69 Å². The van der Waals surface area contributed by atoms with Crippen molar-refractivity contribution >= 4 is 104 Å². The minimum atomic E-state index is 1.14. The van der Waals surface area contributed by atoms with Crippen LogP contribution in [0.1, 0.15) is 10.4 Å². The molecule has 2 heterocycles. The topological polar surface area (TPSA) is 6.48 Å². The Labute approximate surface area is 306 Å². The molecular formula is C47H34N2S2. The summed E-state index contributed by atoms with van der Waals surface area (Å²) in [6.07, 6.45) is 6.02. The molecule has 0 fully saturated rings. The molecule has 4 heteroatoms. The van der Waals surface area contributed by atoms with Gasteiger partial charge in [0.15, 0.2) is 0 Å². The summed E-state index contributed by atoms with van der Waals surface area (Å²) in [6.45, 7) is 6.08. The molecule has 0 N–H and O–H groups in total. The Kier molecular flexibility index (Phi) is 7.96. The number of rotatable bonds is 8. The highest BCUT2D eigenvalue weighted by Gasteiger charge is 2.19. The Morgan fingerprint density at radius 1 is 0.471 bits per heavy atom. The van der Waals surface area contributed by atoms with Crippen molar-refractivity contribution in [3.8, 4) is 0 Å². The predicted molar refractivity (Wildman–Crippen MR) is 226 cm³/mol. The standard InChI is InChI=1S/C47H34N2S2/c1-3-4-22-44-32(2)39-26-23-37(30-46(39)50-44)49(43-21-13-15-33-14-11-12-20-40(33)43)38-24-27-41-42-29-36(25-28-45(42)51-47(41)31-38)48(34-16-7-5-8-17-34)35-18-9-6-10-19-35/h3-31H,1H2,2H3/b22-4-. The van der Waals surface area contributed by atoms with Crippen LogP contribution in [-0.2, 0) is 0 Å². The molecule has 0 unspecified atom stereocenters. The zero-order valence-corrected chi connectivity index (χ0v) is 29.8. The summed E-state index contributed by atoms with van der Waals surface area (Å²) in [5.41, 5.74) is 8.17. The molecule has 51 heavy (non-hydrogen) atoms. The molecule has 0 aliphatic rings. The van der Waals surface area contributed by atoms with Crippen LogP contribution in [0.25, 0.3) is 47.1 Å². The van der Waals surface area contributed by atoms with Crippen LogP contribution in [0.4, 0.5) is 34.1 Å². The van der Waals surface area contributed by atoms with Crippen molar-refractivity contribution < 1.29 is 0 Å². The maximum absolute atomic E-state index is 3.87. The summed E-state index contributed by atoms with van der Waals surface area (Å²) < 4.78 is 3.82. The molecule has 0 saturated carbocycles. The van der Waals surface area contributed by atoms with E-state index in [1.807, 2.05) is 34.8 Å². The molecule has 9 rings (SSSR count). The van der Waals surface area contributed by atoms with Gasteiger partial charge in [-0.25, -0.2) is 0 Å². The summed E-state index contributed by atoms with van der Waals surface area (Å²) in [7, 11) is 0. The quantitative estimate of drug-likeness (QED) is 0.146. The van der Waals surface area contributed by atoms with Gasteiger partial charge in [-0.3, -0.25) is 0 Å². The predicted octanol–water partition coefficient (Wildman–Crippen LogP) is 14.9. The fourth-order valence-electron chi connectivity index (χ4n) is 7.15. The number of aryl methyl sites for hydroxylation is 1. The normalized spacial score (nSPS) is 11.6. The molecular weight excluding hydrogens is 657 g/mol. The number of allylic oxidation sites excluding steroid dienone is 2. The molecule has 0 amide bonds. The van der Waals surface area contributed by atoms with Crippen molar-refractivity contribution in [2.75, 3.05) is 9.80 Å². The van der Waals surface area contributed by atoms with Crippen LogP contribution in [0.5, 0.6) is 0 Å². The molecule has 0 aliphatic carbocycles. The third kappa shape index (κ3) is 5.59. The number of hydrogen-bond donors (Lipinski definition) is 0. The maximum atomic E-state index is 3.87. The minimum Gasteiger partial charge on any atom is -0.310 e. The van der Waals surface area contributed by atoms with Crippen molar-refractivity contribution in [1.29, 1.82) is 0 Å². The molecule has 0 radical (unpaired) electrons. The average Bonchev–Trinajstić information content (AvgIpc) is 3.70. The van der Waals surface area contributed by atoms with Crippen LogP contribution in [0, 0.1) is 6.92 Å². The Morgan fingerprint density at radius 3 is 1.80 bits per heavy atom. The van der Waals surface area contributed by atoms with E-state index in [4.69, 9.17) is 0 Å². The molecule has 0 bridgehead atoms. The second-order valence-corrected chi connectivity index (χ2v) is 14.8. The first-order valence-electron chi connectivity index (χ1n) is 17.1. The summed E-state index contributed by atoms with van der Waals surface area (Å²) >= 11 is 3.69. The number of nitrogens with zero attached hydrogens (tertiary/aromatic N) is 2. The van der Waals surface area contributed by atoms with Crippen LogP contribution in [0.2, 0.25) is 0 Å². The highest BCUT2D eigenvalue weighted by molar-refractivity contribution is 7.25. The van der Waals surface area contributed by atoms with Crippen LogP contribution in [-0.4, -0.2) is 0 Å². The largest absolute Gasteiger partial charge is 0.310 e. The first-order chi connectivity index (χ1) is 25.2. The monoisotopic (exact) mass is 690 g/mol. The van der Waals surface area contributed by atoms with E-state index in [1.165, 1.54) is 51.5 Å². The molecule has 2 aromatic heterocycles. The minimum absolute atomic E-state index is 1.14. The van der Waals surface area contributed by atoms with Crippen molar-refractivity contribution in [3.63, 3.8) is 0 Å². The van der Waals surface area contributed by atoms with Gasteiger partial charge >= 0.3 is 0 Å².